The first-order valence-corrected chi connectivity index (χ1v) is 11.2. The quantitative estimate of drug-likeness (QED) is 0.386. The zero-order chi connectivity index (χ0) is 19.3. The van der Waals surface area contributed by atoms with Crippen LogP contribution in [0.25, 0.3) is 10.8 Å². The van der Waals surface area contributed by atoms with Gasteiger partial charge in [-0.3, -0.25) is 5.01 Å². The molecule has 0 radical (unpaired) electrons. The average molecular weight is 500 g/mol. The number of halogens is 2. The summed E-state index contributed by atoms with van der Waals surface area (Å²) in [5, 5.41) is 9.72. The highest BCUT2D eigenvalue weighted by Crippen LogP contribution is 2.48. The monoisotopic (exact) mass is 498 g/mol. The largest absolute Gasteiger partial charge is 0.468 e. The summed E-state index contributed by atoms with van der Waals surface area (Å²) in [6, 6.07) is 19.5. The Labute approximate surface area is 181 Å². The summed E-state index contributed by atoms with van der Waals surface area (Å²) in [6.07, 6.45) is 2.86. The molecule has 0 spiro atoms. The molecule has 0 N–H and O–H groups in total. The van der Waals surface area contributed by atoms with E-state index in [1.165, 1.54) is 21.9 Å². The van der Waals surface area contributed by atoms with Crippen molar-refractivity contribution in [1.82, 2.24) is 5.01 Å². The van der Waals surface area contributed by atoms with Crippen LogP contribution in [0.1, 0.15) is 43.4 Å². The summed E-state index contributed by atoms with van der Waals surface area (Å²) in [4.78, 5) is 0. The molecule has 5 rings (SSSR count). The van der Waals surface area contributed by atoms with Crippen LogP contribution in [-0.2, 0) is 0 Å². The third kappa shape index (κ3) is 3.05. The van der Waals surface area contributed by atoms with Gasteiger partial charge < -0.3 is 4.74 Å². The Morgan fingerprint density at radius 3 is 2.71 bits per heavy atom. The summed E-state index contributed by atoms with van der Waals surface area (Å²) in [5.41, 5.74) is 3.51. The van der Waals surface area contributed by atoms with E-state index in [2.05, 4.69) is 98.4 Å². The SMILES string of the molecule is CCC[C@@H]1Oc2c(Br)cc(Br)cc2[C@H]2CC(c3ccc4ccccc4c3)=NN12. The summed E-state index contributed by atoms with van der Waals surface area (Å²) in [6.45, 7) is 2.19. The summed E-state index contributed by atoms with van der Waals surface area (Å²) in [5.74, 6) is 0.956. The third-order valence-electron chi connectivity index (χ3n) is 5.51. The summed E-state index contributed by atoms with van der Waals surface area (Å²) < 4.78 is 8.43. The number of benzene rings is 3. The topological polar surface area (TPSA) is 24.8 Å². The first kappa shape index (κ1) is 18.2. The van der Waals surface area contributed by atoms with E-state index in [4.69, 9.17) is 9.84 Å². The van der Waals surface area contributed by atoms with E-state index in [1.54, 1.807) is 0 Å². The van der Waals surface area contributed by atoms with Gasteiger partial charge in [0.15, 0.2) is 6.23 Å². The number of nitrogens with zero attached hydrogens (tertiary/aromatic N) is 2. The highest BCUT2D eigenvalue weighted by molar-refractivity contribution is 9.11. The predicted octanol–water partition coefficient (Wildman–Crippen LogP) is 7.03. The van der Waals surface area contributed by atoms with Crippen LogP contribution in [0.4, 0.5) is 0 Å². The number of hydrogen-bond donors (Lipinski definition) is 0. The van der Waals surface area contributed by atoms with Crippen molar-refractivity contribution in [2.75, 3.05) is 0 Å². The van der Waals surface area contributed by atoms with E-state index in [0.29, 0.717) is 0 Å². The highest BCUT2D eigenvalue weighted by atomic mass is 79.9. The van der Waals surface area contributed by atoms with Crippen LogP contribution < -0.4 is 4.74 Å². The molecule has 0 aromatic heterocycles. The van der Waals surface area contributed by atoms with E-state index in [0.717, 1.165) is 39.7 Å². The van der Waals surface area contributed by atoms with Crippen LogP contribution in [0, 0.1) is 0 Å². The van der Waals surface area contributed by atoms with Gasteiger partial charge in [0.25, 0.3) is 0 Å². The molecular formula is C23H20Br2N2O. The molecular weight excluding hydrogens is 480 g/mol. The first-order chi connectivity index (χ1) is 13.6. The second-order valence-corrected chi connectivity index (χ2v) is 9.15. The van der Waals surface area contributed by atoms with Crippen molar-refractivity contribution in [2.24, 2.45) is 5.10 Å². The van der Waals surface area contributed by atoms with Gasteiger partial charge in [0.2, 0.25) is 0 Å². The number of hydrazone groups is 1. The molecule has 0 saturated carbocycles. The Hall–Kier alpha value is -1.85. The van der Waals surface area contributed by atoms with Gasteiger partial charge in [-0.05, 0) is 50.5 Å². The fourth-order valence-electron chi connectivity index (χ4n) is 4.17. The molecule has 0 fully saturated rings. The maximum atomic E-state index is 6.38. The maximum Gasteiger partial charge on any atom is 0.187 e. The molecule has 3 aromatic rings. The second-order valence-electron chi connectivity index (χ2n) is 7.38. The van der Waals surface area contributed by atoms with Crippen molar-refractivity contribution in [3.63, 3.8) is 0 Å². The number of ether oxygens (including phenoxy) is 1. The van der Waals surface area contributed by atoms with E-state index in [1.807, 2.05) is 0 Å². The van der Waals surface area contributed by atoms with Crippen molar-refractivity contribution < 1.29 is 4.74 Å². The maximum absolute atomic E-state index is 6.38. The minimum absolute atomic E-state index is 0.0297. The number of rotatable bonds is 3. The number of hydrogen-bond acceptors (Lipinski definition) is 3. The Bertz CT molecular complexity index is 1100. The van der Waals surface area contributed by atoms with Gasteiger partial charge in [0.1, 0.15) is 5.75 Å². The summed E-state index contributed by atoms with van der Waals surface area (Å²) in [7, 11) is 0. The normalized spacial score (nSPS) is 20.5. The first-order valence-electron chi connectivity index (χ1n) is 9.64. The Balaban J connectivity index is 1.57. The molecule has 2 aliphatic rings. The molecule has 0 unspecified atom stereocenters. The minimum atomic E-state index is -0.0297. The van der Waals surface area contributed by atoms with E-state index in [9.17, 15) is 0 Å². The van der Waals surface area contributed by atoms with Crippen molar-refractivity contribution in [2.45, 2.75) is 38.5 Å². The zero-order valence-corrected chi connectivity index (χ0v) is 18.7. The molecule has 3 aromatic carbocycles. The van der Waals surface area contributed by atoms with E-state index in [-0.39, 0.29) is 12.3 Å². The van der Waals surface area contributed by atoms with Gasteiger partial charge in [-0.2, -0.15) is 5.10 Å². The van der Waals surface area contributed by atoms with Crippen molar-refractivity contribution >= 4 is 48.3 Å². The van der Waals surface area contributed by atoms with Crippen LogP contribution in [0.15, 0.2) is 68.6 Å². The van der Waals surface area contributed by atoms with Gasteiger partial charge >= 0.3 is 0 Å². The van der Waals surface area contributed by atoms with Crippen molar-refractivity contribution in [1.29, 1.82) is 0 Å². The van der Waals surface area contributed by atoms with Crippen molar-refractivity contribution in [3.05, 3.63) is 74.7 Å². The molecule has 142 valence electrons. The molecule has 2 heterocycles. The van der Waals surface area contributed by atoms with Crippen LogP contribution >= 0.6 is 31.9 Å². The Morgan fingerprint density at radius 2 is 1.89 bits per heavy atom. The Morgan fingerprint density at radius 1 is 1.07 bits per heavy atom. The highest BCUT2D eigenvalue weighted by Gasteiger charge is 2.40. The third-order valence-corrected chi connectivity index (χ3v) is 6.55. The lowest BCUT2D eigenvalue weighted by Gasteiger charge is -2.38. The molecule has 5 heteroatoms. The Kier molecular flexibility index (Phi) is 4.68. The molecule has 0 saturated heterocycles. The van der Waals surface area contributed by atoms with Crippen LogP contribution in [0.5, 0.6) is 5.75 Å². The lowest BCUT2D eigenvalue weighted by Crippen LogP contribution is -2.40. The van der Waals surface area contributed by atoms with E-state index < -0.39 is 0 Å². The van der Waals surface area contributed by atoms with Crippen LogP contribution in [-0.4, -0.2) is 16.9 Å². The number of fused-ring (bicyclic) bond motifs is 4. The fraction of sp³-hybridized carbons (Fsp3) is 0.261. The van der Waals surface area contributed by atoms with Crippen LogP contribution in [0.3, 0.4) is 0 Å². The molecule has 2 atom stereocenters. The molecule has 3 nitrogen and oxygen atoms in total. The predicted molar refractivity (Wildman–Crippen MR) is 121 cm³/mol. The van der Waals surface area contributed by atoms with Gasteiger partial charge in [-0.1, -0.05) is 65.7 Å². The smallest absolute Gasteiger partial charge is 0.187 e. The van der Waals surface area contributed by atoms with Gasteiger partial charge in [-0.25, -0.2) is 0 Å². The zero-order valence-electron chi connectivity index (χ0n) is 15.5. The second kappa shape index (κ2) is 7.20. The molecule has 0 amide bonds. The molecule has 0 aliphatic carbocycles. The molecule has 0 bridgehead atoms. The van der Waals surface area contributed by atoms with Crippen molar-refractivity contribution in [3.8, 4) is 5.75 Å². The fourth-order valence-corrected chi connectivity index (χ4v) is 5.52. The lowest BCUT2D eigenvalue weighted by atomic mass is 9.95. The van der Waals surface area contributed by atoms with Crippen LogP contribution in [0.2, 0.25) is 0 Å². The van der Waals surface area contributed by atoms with Gasteiger partial charge in [0.05, 0.1) is 16.2 Å². The van der Waals surface area contributed by atoms with E-state index >= 15 is 0 Å². The molecule has 2 aliphatic heterocycles. The van der Waals surface area contributed by atoms with Gasteiger partial charge in [-0.15, -0.1) is 0 Å². The lowest BCUT2D eigenvalue weighted by molar-refractivity contribution is -0.0229. The standard InChI is InChI=1S/C23H20Br2N2O/c1-2-5-22-27-21(18-11-17(24)12-19(25)23(18)28-22)13-20(26-27)16-9-8-14-6-3-4-7-15(14)10-16/h3-4,6-12,21-22H,2,5,13H2,1H3/t21-,22+/m1/s1. The van der Waals surface area contributed by atoms with Gasteiger partial charge in [0, 0.05) is 22.9 Å². The average Bonchev–Trinajstić information content (AvgIpc) is 3.15. The molecule has 28 heavy (non-hydrogen) atoms. The summed E-state index contributed by atoms with van der Waals surface area (Å²) >= 11 is 7.31. The minimum Gasteiger partial charge on any atom is -0.468 e.